The van der Waals surface area contributed by atoms with Gasteiger partial charge in [0.05, 0.1) is 0 Å². The molecule has 1 heterocycles. The first kappa shape index (κ1) is 10.4. The molecule has 0 bridgehead atoms. The molecule has 0 radical (unpaired) electrons. The van der Waals surface area contributed by atoms with Crippen molar-refractivity contribution >= 4 is 16.8 Å². The highest BCUT2D eigenvalue weighted by Crippen LogP contribution is 2.10. The minimum Gasteiger partial charge on any atom is -0.360 e. The number of hydrazine groups is 1. The summed E-state index contributed by atoms with van der Waals surface area (Å²) in [6.45, 7) is 1.88. The molecule has 0 saturated heterocycles. The smallest absolute Gasteiger partial charge is 0.270 e. The van der Waals surface area contributed by atoms with Gasteiger partial charge in [0.25, 0.3) is 5.91 Å². The van der Waals surface area contributed by atoms with Crippen LogP contribution >= 0.6 is 0 Å². The molecule has 0 aliphatic rings. The van der Waals surface area contributed by atoms with Crippen LogP contribution in [-0.4, -0.2) is 10.9 Å². The standard InChI is InChI=1S/C11H11N3O2/c1-6-2-3-9-7(4-6)10(15)8(5-13-9)11(16)14-12/h2-5H,12H2,1H3,(H,13,15)(H,14,16). The minimum absolute atomic E-state index is 0.0144. The number of aryl methyl sites for hydroxylation is 1. The molecule has 16 heavy (non-hydrogen) atoms. The molecule has 1 amide bonds. The molecule has 82 valence electrons. The first-order chi connectivity index (χ1) is 7.63. The second-order valence-corrected chi connectivity index (χ2v) is 3.55. The number of aromatic amines is 1. The molecule has 0 spiro atoms. The third-order valence-corrected chi connectivity index (χ3v) is 2.41. The molecular weight excluding hydrogens is 206 g/mol. The summed E-state index contributed by atoms with van der Waals surface area (Å²) in [4.78, 5) is 26.1. The van der Waals surface area contributed by atoms with E-state index in [1.807, 2.05) is 18.4 Å². The van der Waals surface area contributed by atoms with Gasteiger partial charge in [-0.25, -0.2) is 5.84 Å². The van der Waals surface area contributed by atoms with Gasteiger partial charge in [-0.15, -0.1) is 0 Å². The van der Waals surface area contributed by atoms with Crippen molar-refractivity contribution in [1.29, 1.82) is 0 Å². The maximum Gasteiger partial charge on any atom is 0.270 e. The summed E-state index contributed by atoms with van der Waals surface area (Å²) in [5.74, 6) is 4.40. The van der Waals surface area contributed by atoms with E-state index in [2.05, 4.69) is 4.98 Å². The number of carbonyl (C=O) groups excluding carboxylic acids is 1. The van der Waals surface area contributed by atoms with Crippen LogP contribution in [0.2, 0.25) is 0 Å². The molecule has 0 saturated carbocycles. The number of hydrogen-bond acceptors (Lipinski definition) is 3. The van der Waals surface area contributed by atoms with Crippen LogP contribution in [0, 0.1) is 6.92 Å². The number of nitrogen functional groups attached to an aromatic ring is 1. The molecule has 0 aliphatic heterocycles. The van der Waals surface area contributed by atoms with Gasteiger partial charge in [0.2, 0.25) is 5.43 Å². The molecule has 1 aromatic heterocycles. The number of nitrogens with one attached hydrogen (secondary N) is 2. The highest BCUT2D eigenvalue weighted by molar-refractivity contribution is 5.96. The van der Waals surface area contributed by atoms with E-state index in [1.54, 1.807) is 12.1 Å². The molecule has 0 fully saturated rings. The van der Waals surface area contributed by atoms with Crippen LogP contribution in [0.4, 0.5) is 0 Å². The zero-order valence-corrected chi connectivity index (χ0v) is 8.70. The topological polar surface area (TPSA) is 88.0 Å². The fourth-order valence-electron chi connectivity index (χ4n) is 1.58. The number of hydrogen-bond donors (Lipinski definition) is 3. The van der Waals surface area contributed by atoms with Gasteiger partial charge in [-0.3, -0.25) is 15.0 Å². The Morgan fingerprint density at radius 3 is 2.88 bits per heavy atom. The van der Waals surface area contributed by atoms with Gasteiger partial charge < -0.3 is 4.98 Å². The van der Waals surface area contributed by atoms with E-state index in [4.69, 9.17) is 5.84 Å². The Hall–Kier alpha value is -2.14. The van der Waals surface area contributed by atoms with Crippen molar-refractivity contribution in [2.75, 3.05) is 0 Å². The molecule has 0 atom stereocenters. The molecule has 1 aromatic carbocycles. The lowest BCUT2D eigenvalue weighted by molar-refractivity contribution is 0.0952. The molecule has 2 rings (SSSR count). The van der Waals surface area contributed by atoms with Gasteiger partial charge in [0.15, 0.2) is 0 Å². The molecular formula is C11H11N3O2. The van der Waals surface area contributed by atoms with Gasteiger partial charge in [0, 0.05) is 17.1 Å². The number of amides is 1. The van der Waals surface area contributed by atoms with Crippen molar-refractivity contribution in [2.45, 2.75) is 6.92 Å². The summed E-state index contributed by atoms with van der Waals surface area (Å²) in [5.41, 5.74) is 3.30. The van der Waals surface area contributed by atoms with Crippen molar-refractivity contribution in [3.05, 3.63) is 45.7 Å². The van der Waals surface area contributed by atoms with E-state index >= 15 is 0 Å². The maximum absolute atomic E-state index is 11.9. The van der Waals surface area contributed by atoms with Gasteiger partial charge in [-0.1, -0.05) is 11.6 Å². The Kier molecular flexibility index (Phi) is 2.46. The highest BCUT2D eigenvalue weighted by atomic mass is 16.2. The van der Waals surface area contributed by atoms with Gasteiger partial charge in [-0.2, -0.15) is 0 Å². The lowest BCUT2D eigenvalue weighted by Crippen LogP contribution is -2.33. The molecule has 4 N–H and O–H groups in total. The van der Waals surface area contributed by atoms with Crippen molar-refractivity contribution < 1.29 is 4.79 Å². The summed E-state index contributed by atoms with van der Waals surface area (Å²) in [6, 6.07) is 5.43. The van der Waals surface area contributed by atoms with E-state index in [0.717, 1.165) is 5.56 Å². The number of nitrogens with two attached hydrogens (primary N) is 1. The summed E-state index contributed by atoms with van der Waals surface area (Å²) in [6.07, 6.45) is 1.36. The van der Waals surface area contributed by atoms with E-state index < -0.39 is 5.91 Å². The number of benzene rings is 1. The molecule has 0 unspecified atom stereocenters. The van der Waals surface area contributed by atoms with Crippen LogP contribution in [0.15, 0.2) is 29.2 Å². The minimum atomic E-state index is -0.593. The van der Waals surface area contributed by atoms with Crippen LogP contribution < -0.4 is 16.7 Å². The number of carbonyl (C=O) groups is 1. The Labute approximate surface area is 91.2 Å². The van der Waals surface area contributed by atoms with Gasteiger partial charge in [0.1, 0.15) is 5.56 Å². The number of rotatable bonds is 1. The molecule has 0 aliphatic carbocycles. The van der Waals surface area contributed by atoms with Crippen molar-refractivity contribution in [1.82, 2.24) is 10.4 Å². The van der Waals surface area contributed by atoms with Gasteiger partial charge >= 0.3 is 0 Å². The SMILES string of the molecule is Cc1ccc2[nH]cc(C(=O)NN)c(=O)c2c1. The summed E-state index contributed by atoms with van der Waals surface area (Å²) in [7, 11) is 0. The predicted molar refractivity (Wildman–Crippen MR) is 61.0 cm³/mol. The Balaban J connectivity index is 2.78. The van der Waals surface area contributed by atoms with Crippen LogP contribution in [0.3, 0.4) is 0 Å². The average molecular weight is 217 g/mol. The van der Waals surface area contributed by atoms with E-state index in [9.17, 15) is 9.59 Å². The molecule has 2 aromatic rings. The predicted octanol–water partition coefficient (Wildman–Crippen LogP) is 0.440. The van der Waals surface area contributed by atoms with Crippen LogP contribution in [-0.2, 0) is 0 Å². The lowest BCUT2D eigenvalue weighted by Gasteiger charge is -2.02. The monoisotopic (exact) mass is 217 g/mol. The largest absolute Gasteiger partial charge is 0.360 e. The first-order valence-corrected chi connectivity index (χ1v) is 4.76. The fourth-order valence-corrected chi connectivity index (χ4v) is 1.58. The Bertz CT molecular complexity index is 616. The number of H-pyrrole nitrogens is 1. The second kappa shape index (κ2) is 3.79. The number of pyridine rings is 1. The normalized spacial score (nSPS) is 10.4. The lowest BCUT2D eigenvalue weighted by atomic mass is 10.1. The van der Waals surface area contributed by atoms with Crippen LogP contribution in [0.1, 0.15) is 15.9 Å². The second-order valence-electron chi connectivity index (χ2n) is 3.55. The van der Waals surface area contributed by atoms with Crippen molar-refractivity contribution in [3.8, 4) is 0 Å². The zero-order chi connectivity index (χ0) is 11.7. The van der Waals surface area contributed by atoms with Crippen molar-refractivity contribution in [2.24, 2.45) is 5.84 Å². The third kappa shape index (κ3) is 1.57. The Morgan fingerprint density at radius 1 is 1.44 bits per heavy atom. The summed E-state index contributed by atoms with van der Waals surface area (Å²) < 4.78 is 0. The summed E-state index contributed by atoms with van der Waals surface area (Å²) in [5, 5.41) is 0.487. The zero-order valence-electron chi connectivity index (χ0n) is 8.70. The third-order valence-electron chi connectivity index (χ3n) is 2.41. The highest BCUT2D eigenvalue weighted by Gasteiger charge is 2.11. The molecule has 5 heteroatoms. The van der Waals surface area contributed by atoms with Crippen LogP contribution in [0.5, 0.6) is 0 Å². The Morgan fingerprint density at radius 2 is 2.19 bits per heavy atom. The molecule has 5 nitrogen and oxygen atoms in total. The fraction of sp³-hybridized carbons (Fsp3) is 0.0909. The maximum atomic E-state index is 11.9. The van der Waals surface area contributed by atoms with E-state index in [1.165, 1.54) is 6.20 Å². The quantitative estimate of drug-likeness (QED) is 0.368. The van der Waals surface area contributed by atoms with E-state index in [0.29, 0.717) is 10.9 Å². The number of fused-ring (bicyclic) bond motifs is 1. The van der Waals surface area contributed by atoms with Gasteiger partial charge in [-0.05, 0) is 19.1 Å². The average Bonchev–Trinajstić information content (AvgIpc) is 2.29. The first-order valence-electron chi connectivity index (χ1n) is 4.76. The number of aromatic nitrogens is 1. The summed E-state index contributed by atoms with van der Waals surface area (Å²) >= 11 is 0. The van der Waals surface area contributed by atoms with Crippen LogP contribution in [0.25, 0.3) is 10.9 Å². The van der Waals surface area contributed by atoms with E-state index in [-0.39, 0.29) is 11.0 Å². The van der Waals surface area contributed by atoms with Crippen molar-refractivity contribution in [3.63, 3.8) is 0 Å².